The molecule has 1 amide bonds. The van der Waals surface area contributed by atoms with Gasteiger partial charge in [0.15, 0.2) is 0 Å². The molecule has 1 fully saturated rings. The highest BCUT2D eigenvalue weighted by molar-refractivity contribution is 5.94. The number of benzene rings is 1. The van der Waals surface area contributed by atoms with Crippen LogP contribution in [-0.2, 0) is 6.54 Å². The van der Waals surface area contributed by atoms with E-state index in [0.29, 0.717) is 25.2 Å². The predicted molar refractivity (Wildman–Crippen MR) is 109 cm³/mol. The summed E-state index contributed by atoms with van der Waals surface area (Å²) >= 11 is 0. The van der Waals surface area contributed by atoms with Crippen LogP contribution >= 0.6 is 0 Å². The van der Waals surface area contributed by atoms with Crippen LogP contribution in [0.25, 0.3) is 11.1 Å². The zero-order valence-corrected chi connectivity index (χ0v) is 15.9. The van der Waals surface area contributed by atoms with Gasteiger partial charge in [-0.15, -0.1) is 0 Å². The number of likely N-dealkylation sites (tertiary alicyclic amines) is 1. The molecule has 0 unspecified atom stereocenters. The molecule has 1 N–H and O–H groups in total. The highest BCUT2D eigenvalue weighted by Crippen LogP contribution is 2.37. The number of nitrogens with zero attached hydrogens (tertiary/aromatic N) is 3. The second-order valence-electron chi connectivity index (χ2n) is 7.92. The van der Waals surface area contributed by atoms with Crippen molar-refractivity contribution in [1.29, 1.82) is 0 Å². The number of aromatic hydroxyl groups is 1. The largest absolute Gasteiger partial charge is 0.508 e. The van der Waals surface area contributed by atoms with Crippen LogP contribution in [0.5, 0.6) is 5.75 Å². The minimum Gasteiger partial charge on any atom is -0.508 e. The van der Waals surface area contributed by atoms with Gasteiger partial charge in [-0.2, -0.15) is 0 Å². The molecule has 6 heteroatoms. The topological polar surface area (TPSA) is 75.4 Å². The summed E-state index contributed by atoms with van der Waals surface area (Å²) in [6.45, 7) is 1.82. The molecule has 2 aromatic heterocycles. The smallest absolute Gasteiger partial charge is 0.254 e. The molecular weight excluding hydrogens is 366 g/mol. The lowest BCUT2D eigenvalue weighted by Gasteiger charge is -2.43. The van der Waals surface area contributed by atoms with Gasteiger partial charge in [-0.05, 0) is 48.2 Å². The predicted octanol–water partition coefficient (Wildman–Crippen LogP) is 2.88. The lowest BCUT2D eigenvalue weighted by atomic mass is 9.82. The molecule has 1 saturated heterocycles. The Hall–Kier alpha value is -3.41. The van der Waals surface area contributed by atoms with E-state index < -0.39 is 0 Å². The van der Waals surface area contributed by atoms with Gasteiger partial charge in [0.25, 0.3) is 11.5 Å². The molecule has 1 aromatic carbocycles. The Morgan fingerprint density at radius 1 is 1.03 bits per heavy atom. The van der Waals surface area contributed by atoms with Crippen molar-refractivity contribution in [2.24, 2.45) is 5.92 Å². The number of rotatable bonds is 2. The van der Waals surface area contributed by atoms with Crippen LogP contribution in [-0.4, -0.2) is 38.6 Å². The molecule has 29 heavy (non-hydrogen) atoms. The zero-order valence-electron chi connectivity index (χ0n) is 15.9. The molecule has 0 saturated carbocycles. The van der Waals surface area contributed by atoms with Crippen LogP contribution in [0.1, 0.15) is 28.4 Å². The molecular formula is C23H21N3O3. The molecule has 0 aliphatic carbocycles. The Morgan fingerprint density at radius 2 is 1.93 bits per heavy atom. The van der Waals surface area contributed by atoms with Gasteiger partial charge in [0.1, 0.15) is 5.75 Å². The average molecular weight is 387 g/mol. The Morgan fingerprint density at radius 3 is 2.72 bits per heavy atom. The number of phenols is 1. The number of carbonyl (C=O) groups is 1. The Balaban J connectivity index is 1.49. The molecule has 146 valence electrons. The number of carbonyl (C=O) groups excluding carboxylic acids is 1. The number of aromatic nitrogens is 2. The highest BCUT2D eigenvalue weighted by atomic mass is 16.3. The van der Waals surface area contributed by atoms with Crippen LogP contribution in [0.3, 0.4) is 0 Å². The fourth-order valence-corrected chi connectivity index (χ4v) is 4.65. The van der Waals surface area contributed by atoms with Crippen molar-refractivity contribution in [3.8, 4) is 16.9 Å². The fourth-order valence-electron chi connectivity index (χ4n) is 4.65. The fraction of sp³-hybridized carbons (Fsp3) is 0.261. The number of fused-ring (bicyclic) bond motifs is 4. The van der Waals surface area contributed by atoms with Crippen LogP contribution in [0.2, 0.25) is 0 Å². The van der Waals surface area contributed by atoms with Crippen LogP contribution in [0, 0.1) is 5.92 Å². The first-order chi connectivity index (χ1) is 14.1. The molecule has 2 aliphatic rings. The molecule has 4 heterocycles. The van der Waals surface area contributed by atoms with Crippen LogP contribution in [0.15, 0.2) is 65.7 Å². The summed E-state index contributed by atoms with van der Waals surface area (Å²) in [4.78, 5) is 31.8. The zero-order chi connectivity index (χ0) is 20.0. The third kappa shape index (κ3) is 3.20. The van der Waals surface area contributed by atoms with Crippen molar-refractivity contribution >= 4 is 5.91 Å². The van der Waals surface area contributed by atoms with Gasteiger partial charge in [0.05, 0.1) is 0 Å². The normalized spacial score (nSPS) is 20.2. The number of phenolic OH excluding ortho intramolecular Hbond substituents is 1. The Labute approximate surface area is 168 Å². The standard InChI is InChI=1S/C23H21N3O3/c27-20-5-1-3-16(8-20)23(29)25-12-15-7-19(14-25)21-9-18(10-22(28)26(21)13-15)17-4-2-6-24-11-17/h1-6,8-11,15,19,27H,7,12-14H2/t15-,19+/m0/s1. The quantitative estimate of drug-likeness (QED) is 0.734. The summed E-state index contributed by atoms with van der Waals surface area (Å²) in [6.07, 6.45) is 4.45. The second kappa shape index (κ2) is 6.88. The van der Waals surface area contributed by atoms with Crippen molar-refractivity contribution in [3.05, 3.63) is 82.5 Å². The first-order valence-electron chi connectivity index (χ1n) is 9.82. The molecule has 3 aromatic rings. The Kier molecular flexibility index (Phi) is 4.19. The summed E-state index contributed by atoms with van der Waals surface area (Å²) < 4.78 is 1.87. The number of hydrogen-bond acceptors (Lipinski definition) is 4. The first-order valence-corrected chi connectivity index (χ1v) is 9.82. The molecule has 0 radical (unpaired) electrons. The number of hydrogen-bond donors (Lipinski definition) is 1. The van der Waals surface area contributed by atoms with Crippen molar-refractivity contribution in [3.63, 3.8) is 0 Å². The minimum atomic E-state index is -0.0742. The molecule has 2 aliphatic heterocycles. The van der Waals surface area contributed by atoms with Crippen molar-refractivity contribution in [2.45, 2.75) is 18.9 Å². The number of pyridine rings is 2. The summed E-state index contributed by atoms with van der Waals surface area (Å²) in [7, 11) is 0. The van der Waals surface area contributed by atoms with Gasteiger partial charge >= 0.3 is 0 Å². The van der Waals surface area contributed by atoms with E-state index in [1.54, 1.807) is 36.7 Å². The molecule has 6 nitrogen and oxygen atoms in total. The van der Waals surface area contributed by atoms with E-state index in [1.807, 2.05) is 21.6 Å². The maximum Gasteiger partial charge on any atom is 0.254 e. The third-order valence-corrected chi connectivity index (χ3v) is 5.93. The van der Waals surface area contributed by atoms with Crippen LogP contribution in [0.4, 0.5) is 0 Å². The summed E-state index contributed by atoms with van der Waals surface area (Å²) in [5.41, 5.74) is 3.26. The first kappa shape index (κ1) is 17.7. The van der Waals surface area contributed by atoms with Gasteiger partial charge in [-0.1, -0.05) is 12.1 Å². The van der Waals surface area contributed by atoms with Crippen LogP contribution < -0.4 is 5.56 Å². The van der Waals surface area contributed by atoms with Gasteiger partial charge < -0.3 is 14.6 Å². The molecule has 2 atom stereocenters. The van der Waals surface area contributed by atoms with E-state index in [1.165, 1.54) is 6.07 Å². The number of piperidine rings is 1. The summed E-state index contributed by atoms with van der Waals surface area (Å²) in [5.74, 6) is 0.387. The maximum absolute atomic E-state index is 13.0. The third-order valence-electron chi connectivity index (χ3n) is 5.93. The molecule has 0 spiro atoms. The SMILES string of the molecule is O=C(c1cccc(O)c1)N1C[C@@H]2C[C@H](C1)c1cc(-c3cccnc3)cc(=O)n1C2. The minimum absolute atomic E-state index is 0.00353. The monoisotopic (exact) mass is 387 g/mol. The summed E-state index contributed by atoms with van der Waals surface area (Å²) in [6, 6.07) is 14.0. The van der Waals surface area contributed by atoms with Crippen molar-refractivity contribution < 1.29 is 9.90 Å². The van der Waals surface area contributed by atoms with Gasteiger partial charge in [0, 0.05) is 60.8 Å². The molecule has 2 bridgehead atoms. The van der Waals surface area contributed by atoms with E-state index in [9.17, 15) is 14.7 Å². The van der Waals surface area contributed by atoms with E-state index in [4.69, 9.17) is 0 Å². The van der Waals surface area contributed by atoms with Gasteiger partial charge in [-0.25, -0.2) is 0 Å². The lowest BCUT2D eigenvalue weighted by molar-refractivity contribution is 0.0594. The highest BCUT2D eigenvalue weighted by Gasteiger charge is 2.36. The van der Waals surface area contributed by atoms with E-state index >= 15 is 0 Å². The second-order valence-corrected chi connectivity index (χ2v) is 7.92. The maximum atomic E-state index is 13.0. The van der Waals surface area contributed by atoms with Gasteiger partial charge in [0.2, 0.25) is 0 Å². The van der Waals surface area contributed by atoms with E-state index in [2.05, 4.69) is 11.1 Å². The van der Waals surface area contributed by atoms with E-state index in [0.717, 1.165) is 23.2 Å². The lowest BCUT2D eigenvalue weighted by Crippen LogP contribution is -2.49. The molecule has 5 rings (SSSR count). The Bertz CT molecular complexity index is 1140. The van der Waals surface area contributed by atoms with Crippen molar-refractivity contribution in [1.82, 2.24) is 14.5 Å². The van der Waals surface area contributed by atoms with Crippen molar-refractivity contribution in [2.75, 3.05) is 13.1 Å². The summed E-state index contributed by atoms with van der Waals surface area (Å²) in [5, 5.41) is 9.71. The van der Waals surface area contributed by atoms with Gasteiger partial charge in [-0.3, -0.25) is 14.6 Å². The average Bonchev–Trinajstić information content (AvgIpc) is 2.74. The number of amides is 1. The van der Waals surface area contributed by atoms with E-state index in [-0.39, 0.29) is 29.1 Å².